The molecule has 0 atom stereocenters. The molecule has 4 aromatic carbocycles. The van der Waals surface area contributed by atoms with Gasteiger partial charge in [0.25, 0.3) is 0 Å². The predicted molar refractivity (Wildman–Crippen MR) is 129 cm³/mol. The summed E-state index contributed by atoms with van der Waals surface area (Å²) in [4.78, 5) is 0. The van der Waals surface area contributed by atoms with Crippen molar-refractivity contribution >= 4 is 0 Å². The highest BCUT2D eigenvalue weighted by Crippen LogP contribution is 2.33. The summed E-state index contributed by atoms with van der Waals surface area (Å²) in [6, 6.07) is 29.6. The monoisotopic (exact) mass is 408 g/mol. The Balaban J connectivity index is 1.56. The van der Waals surface area contributed by atoms with Gasteiger partial charge < -0.3 is 9.47 Å². The van der Waals surface area contributed by atoms with Crippen LogP contribution in [0.1, 0.15) is 22.3 Å². The van der Waals surface area contributed by atoms with Crippen molar-refractivity contribution in [2.45, 2.75) is 27.7 Å². The van der Waals surface area contributed by atoms with Crippen LogP contribution < -0.4 is 9.47 Å². The zero-order chi connectivity index (χ0) is 21.8. The van der Waals surface area contributed by atoms with Crippen LogP contribution in [0.25, 0.3) is 22.3 Å². The molecule has 0 heterocycles. The molecule has 0 radical (unpaired) electrons. The van der Waals surface area contributed by atoms with E-state index in [0.29, 0.717) is 0 Å². The maximum absolute atomic E-state index is 6.13. The summed E-state index contributed by atoms with van der Waals surface area (Å²) in [6.45, 7) is 8.48. The summed E-state index contributed by atoms with van der Waals surface area (Å²) in [5.74, 6) is 1.65. The summed E-state index contributed by atoms with van der Waals surface area (Å²) >= 11 is 0. The van der Waals surface area contributed by atoms with Crippen LogP contribution in [0.15, 0.2) is 84.9 Å². The van der Waals surface area contributed by atoms with Gasteiger partial charge in [-0.3, -0.25) is 0 Å². The first kappa shape index (κ1) is 20.7. The minimum atomic E-state index is 0.143. The van der Waals surface area contributed by atoms with Gasteiger partial charge in [0.05, 0.1) is 0 Å². The smallest absolute Gasteiger partial charge is 0.230 e. The zero-order valence-corrected chi connectivity index (χ0v) is 18.6. The van der Waals surface area contributed by atoms with E-state index in [0.717, 1.165) is 44.9 Å². The molecule has 0 aliphatic carbocycles. The highest BCUT2D eigenvalue weighted by molar-refractivity contribution is 5.72. The van der Waals surface area contributed by atoms with Crippen molar-refractivity contribution in [1.82, 2.24) is 0 Å². The van der Waals surface area contributed by atoms with Gasteiger partial charge in [0, 0.05) is 11.1 Å². The Morgan fingerprint density at radius 3 is 1.19 bits per heavy atom. The van der Waals surface area contributed by atoms with E-state index in [1.165, 1.54) is 11.1 Å². The van der Waals surface area contributed by atoms with E-state index >= 15 is 0 Å². The minimum absolute atomic E-state index is 0.143. The lowest BCUT2D eigenvalue weighted by atomic mass is 10.0. The van der Waals surface area contributed by atoms with Crippen molar-refractivity contribution in [1.29, 1.82) is 0 Å². The Hall–Kier alpha value is -3.52. The van der Waals surface area contributed by atoms with E-state index in [2.05, 4.69) is 113 Å². The molecule has 0 N–H and O–H groups in total. The van der Waals surface area contributed by atoms with Gasteiger partial charge in [-0.1, -0.05) is 83.9 Å². The fourth-order valence-corrected chi connectivity index (χ4v) is 3.60. The summed E-state index contributed by atoms with van der Waals surface area (Å²) in [5.41, 5.74) is 9.19. The molecule has 0 spiro atoms. The number of hydrogen-bond donors (Lipinski definition) is 0. The van der Waals surface area contributed by atoms with E-state index in [4.69, 9.17) is 9.47 Å². The van der Waals surface area contributed by atoms with Gasteiger partial charge in [0.2, 0.25) is 6.79 Å². The lowest BCUT2D eigenvalue weighted by Gasteiger charge is -2.16. The van der Waals surface area contributed by atoms with Gasteiger partial charge in [-0.15, -0.1) is 0 Å². The fraction of sp³-hybridized carbons (Fsp3) is 0.172. The second kappa shape index (κ2) is 9.09. The van der Waals surface area contributed by atoms with E-state index in [9.17, 15) is 0 Å². The molecule has 2 nitrogen and oxygen atoms in total. The molecule has 4 rings (SSSR count). The molecule has 0 bridgehead atoms. The molecule has 0 aliphatic rings. The van der Waals surface area contributed by atoms with Gasteiger partial charge in [0.1, 0.15) is 11.5 Å². The minimum Gasteiger partial charge on any atom is -0.457 e. The molecule has 0 fully saturated rings. The quantitative estimate of drug-likeness (QED) is 0.305. The average Bonchev–Trinajstić information content (AvgIpc) is 2.76. The molecular weight excluding hydrogens is 380 g/mol. The highest BCUT2D eigenvalue weighted by atomic mass is 16.7. The number of rotatable bonds is 6. The second-order valence-corrected chi connectivity index (χ2v) is 8.14. The van der Waals surface area contributed by atoms with Gasteiger partial charge in [-0.2, -0.15) is 0 Å². The Morgan fingerprint density at radius 1 is 0.452 bits per heavy atom. The van der Waals surface area contributed by atoms with Crippen molar-refractivity contribution < 1.29 is 9.47 Å². The zero-order valence-electron chi connectivity index (χ0n) is 18.6. The molecule has 4 aromatic rings. The van der Waals surface area contributed by atoms with Crippen LogP contribution in [0.2, 0.25) is 0 Å². The third-order valence-electron chi connectivity index (χ3n) is 5.43. The van der Waals surface area contributed by atoms with Crippen LogP contribution in [0.5, 0.6) is 11.5 Å². The molecule has 2 heteroatoms. The molecule has 0 unspecified atom stereocenters. The third-order valence-corrected chi connectivity index (χ3v) is 5.43. The van der Waals surface area contributed by atoms with Crippen LogP contribution >= 0.6 is 0 Å². The van der Waals surface area contributed by atoms with Crippen LogP contribution in [0.3, 0.4) is 0 Å². The summed E-state index contributed by atoms with van der Waals surface area (Å²) in [5, 5.41) is 0. The SMILES string of the molecule is Cc1ccc(-c2ccc(C)cc2OCOc2cc(C)ccc2-c2ccc(C)cc2)cc1. The lowest BCUT2D eigenvalue weighted by Crippen LogP contribution is -2.07. The number of aryl methyl sites for hydroxylation is 4. The molecule has 0 aliphatic heterocycles. The van der Waals surface area contributed by atoms with Crippen molar-refractivity contribution in [2.75, 3.05) is 6.79 Å². The van der Waals surface area contributed by atoms with Gasteiger partial charge in [-0.05, 0) is 62.1 Å². The van der Waals surface area contributed by atoms with E-state index in [1.807, 2.05) is 0 Å². The summed E-state index contributed by atoms with van der Waals surface area (Å²) in [6.07, 6.45) is 0. The van der Waals surface area contributed by atoms with Crippen molar-refractivity contribution in [2.24, 2.45) is 0 Å². The van der Waals surface area contributed by atoms with Crippen molar-refractivity contribution in [3.63, 3.8) is 0 Å². The molecule has 156 valence electrons. The molecule has 0 amide bonds. The molecule has 0 aromatic heterocycles. The van der Waals surface area contributed by atoms with E-state index in [1.54, 1.807) is 0 Å². The molecule has 31 heavy (non-hydrogen) atoms. The van der Waals surface area contributed by atoms with Crippen LogP contribution in [0.4, 0.5) is 0 Å². The fourth-order valence-electron chi connectivity index (χ4n) is 3.60. The van der Waals surface area contributed by atoms with Crippen LogP contribution in [-0.2, 0) is 0 Å². The van der Waals surface area contributed by atoms with Gasteiger partial charge in [-0.25, -0.2) is 0 Å². The number of hydrogen-bond acceptors (Lipinski definition) is 2. The first-order valence-corrected chi connectivity index (χ1v) is 10.6. The van der Waals surface area contributed by atoms with Crippen LogP contribution in [-0.4, -0.2) is 6.79 Å². The highest BCUT2D eigenvalue weighted by Gasteiger charge is 2.10. The topological polar surface area (TPSA) is 18.5 Å². The maximum atomic E-state index is 6.13. The maximum Gasteiger partial charge on any atom is 0.230 e. The third kappa shape index (κ3) is 4.97. The largest absolute Gasteiger partial charge is 0.457 e. The van der Waals surface area contributed by atoms with Crippen molar-refractivity contribution in [3.8, 4) is 33.8 Å². The van der Waals surface area contributed by atoms with Gasteiger partial charge in [0.15, 0.2) is 0 Å². The number of ether oxygens (including phenoxy) is 2. The second-order valence-electron chi connectivity index (χ2n) is 8.14. The molecular formula is C29H28O2. The Kier molecular flexibility index (Phi) is 6.08. The van der Waals surface area contributed by atoms with Crippen LogP contribution in [0, 0.1) is 27.7 Å². The average molecular weight is 409 g/mol. The molecule has 0 saturated heterocycles. The Labute approximate surface area is 185 Å². The normalized spacial score (nSPS) is 10.7. The van der Waals surface area contributed by atoms with E-state index in [-0.39, 0.29) is 6.79 Å². The first-order valence-electron chi connectivity index (χ1n) is 10.6. The van der Waals surface area contributed by atoms with Crippen molar-refractivity contribution in [3.05, 3.63) is 107 Å². The first-order chi connectivity index (χ1) is 15.0. The Bertz CT molecular complexity index is 1080. The number of benzene rings is 4. The Morgan fingerprint density at radius 2 is 0.806 bits per heavy atom. The van der Waals surface area contributed by atoms with Gasteiger partial charge >= 0.3 is 0 Å². The lowest BCUT2D eigenvalue weighted by molar-refractivity contribution is 0.121. The predicted octanol–water partition coefficient (Wildman–Crippen LogP) is 7.67. The summed E-state index contributed by atoms with van der Waals surface area (Å²) < 4.78 is 12.3. The summed E-state index contributed by atoms with van der Waals surface area (Å²) in [7, 11) is 0. The van der Waals surface area contributed by atoms with E-state index < -0.39 is 0 Å². The molecule has 0 saturated carbocycles. The standard InChI is InChI=1S/C29H28O2/c1-20-5-11-24(12-6-20)26-15-9-22(3)17-28(26)30-19-31-29-18-23(4)10-16-27(29)25-13-7-21(2)8-14-25/h5-18H,19H2,1-4H3.